The van der Waals surface area contributed by atoms with E-state index in [4.69, 9.17) is 4.98 Å². The molecule has 4 aromatic rings. The largest absolute Gasteiger partial charge is 0.353 e. The second kappa shape index (κ2) is 8.18. The van der Waals surface area contributed by atoms with Gasteiger partial charge in [-0.05, 0) is 41.8 Å². The van der Waals surface area contributed by atoms with Crippen molar-refractivity contribution in [2.75, 3.05) is 5.32 Å². The van der Waals surface area contributed by atoms with Crippen LogP contribution in [-0.2, 0) is 11.3 Å². The lowest BCUT2D eigenvalue weighted by atomic mass is 10.1. The third kappa shape index (κ3) is 4.29. The second-order valence-electron chi connectivity index (χ2n) is 7.21. The Hall–Kier alpha value is -3.61. The van der Waals surface area contributed by atoms with Crippen LogP contribution in [0.5, 0.6) is 0 Å². The molecule has 146 valence electrons. The van der Waals surface area contributed by atoms with Crippen molar-refractivity contribution in [2.45, 2.75) is 32.7 Å². The summed E-state index contributed by atoms with van der Waals surface area (Å²) in [6.45, 7) is 4.91. The van der Waals surface area contributed by atoms with Gasteiger partial charge in [0.25, 0.3) is 0 Å². The molecule has 0 bridgehead atoms. The summed E-state index contributed by atoms with van der Waals surface area (Å²) in [6.07, 6.45) is 9.03. The van der Waals surface area contributed by atoms with Crippen LogP contribution >= 0.6 is 0 Å². The molecular weight excluding hydrogens is 364 g/mol. The van der Waals surface area contributed by atoms with Gasteiger partial charge in [0.15, 0.2) is 5.82 Å². The van der Waals surface area contributed by atoms with Crippen LogP contribution in [0.15, 0.2) is 55.1 Å². The number of rotatable bonds is 7. The summed E-state index contributed by atoms with van der Waals surface area (Å²) in [7, 11) is 0. The van der Waals surface area contributed by atoms with Crippen molar-refractivity contribution in [3.63, 3.8) is 0 Å². The molecule has 7 heteroatoms. The van der Waals surface area contributed by atoms with Crippen LogP contribution in [0.1, 0.15) is 31.7 Å². The molecule has 0 aliphatic rings. The monoisotopic (exact) mass is 386 g/mol. The minimum atomic E-state index is 0.376. The maximum Gasteiger partial charge on any atom is 0.154 e. The Morgan fingerprint density at radius 1 is 1.07 bits per heavy atom. The highest BCUT2D eigenvalue weighted by molar-refractivity contribution is 5.81. The predicted molar refractivity (Wildman–Crippen MR) is 113 cm³/mol. The van der Waals surface area contributed by atoms with E-state index in [2.05, 4.69) is 34.3 Å². The van der Waals surface area contributed by atoms with Gasteiger partial charge in [0, 0.05) is 42.7 Å². The first-order valence-corrected chi connectivity index (χ1v) is 9.58. The third-order valence-corrected chi connectivity index (χ3v) is 4.72. The molecule has 29 heavy (non-hydrogen) atoms. The van der Waals surface area contributed by atoms with Crippen LogP contribution in [0.4, 0.5) is 11.6 Å². The molecule has 0 radical (unpaired) electrons. The Balaban J connectivity index is 1.60. The van der Waals surface area contributed by atoms with Gasteiger partial charge in [-0.3, -0.25) is 4.98 Å². The van der Waals surface area contributed by atoms with Crippen LogP contribution < -0.4 is 5.32 Å². The van der Waals surface area contributed by atoms with Crippen molar-refractivity contribution >= 4 is 29.0 Å². The zero-order valence-electron chi connectivity index (χ0n) is 16.4. The Morgan fingerprint density at radius 2 is 1.97 bits per heavy atom. The molecule has 0 atom stereocenters. The molecule has 0 saturated carbocycles. The van der Waals surface area contributed by atoms with Crippen molar-refractivity contribution in [3.05, 3.63) is 60.7 Å². The highest BCUT2D eigenvalue weighted by Gasteiger charge is 2.07. The number of hydrogen-bond acceptors (Lipinski definition) is 6. The summed E-state index contributed by atoms with van der Waals surface area (Å²) in [5, 5.41) is 11.4. The Labute approximate surface area is 168 Å². The number of pyridine rings is 2. The summed E-state index contributed by atoms with van der Waals surface area (Å²) in [5.74, 6) is 1.73. The van der Waals surface area contributed by atoms with E-state index < -0.39 is 0 Å². The van der Waals surface area contributed by atoms with E-state index in [0.717, 1.165) is 34.0 Å². The van der Waals surface area contributed by atoms with Crippen molar-refractivity contribution in [1.82, 2.24) is 24.7 Å². The van der Waals surface area contributed by atoms with Gasteiger partial charge < -0.3 is 14.7 Å². The summed E-state index contributed by atoms with van der Waals surface area (Å²) >= 11 is 0. The van der Waals surface area contributed by atoms with Gasteiger partial charge in [0.05, 0.1) is 17.2 Å². The standard InChI is InChI=1S/C22H22N6O/c1-15(2)17-11-22(27-24-13-17)26-21-5-4-19-20(25-21)10-18(12-23-19)16-6-8-28(14-16)7-3-9-29/h4-6,8-15H,3,7H2,1-2H3,(H,25,26,27). The molecule has 0 aliphatic heterocycles. The molecular formula is C22H22N6O. The average Bonchev–Trinajstić information content (AvgIpc) is 3.21. The fourth-order valence-electron chi connectivity index (χ4n) is 3.08. The van der Waals surface area contributed by atoms with E-state index in [1.165, 1.54) is 0 Å². The topological polar surface area (TPSA) is 85.6 Å². The fourth-order valence-corrected chi connectivity index (χ4v) is 3.08. The summed E-state index contributed by atoms with van der Waals surface area (Å²) in [5.41, 5.74) is 4.75. The zero-order valence-corrected chi connectivity index (χ0v) is 16.4. The van der Waals surface area contributed by atoms with Gasteiger partial charge in [-0.1, -0.05) is 13.8 Å². The molecule has 4 aromatic heterocycles. The Bertz CT molecular complexity index is 1150. The van der Waals surface area contributed by atoms with Crippen LogP contribution in [0, 0.1) is 0 Å². The molecule has 4 heterocycles. The van der Waals surface area contributed by atoms with Crippen LogP contribution in [0.2, 0.25) is 0 Å². The number of aryl methyl sites for hydroxylation is 1. The van der Waals surface area contributed by atoms with Gasteiger partial charge in [-0.15, -0.1) is 5.10 Å². The average molecular weight is 386 g/mol. The number of aromatic nitrogens is 5. The van der Waals surface area contributed by atoms with E-state index in [-0.39, 0.29) is 0 Å². The number of hydrogen-bond donors (Lipinski definition) is 1. The highest BCUT2D eigenvalue weighted by Crippen LogP contribution is 2.24. The van der Waals surface area contributed by atoms with Gasteiger partial charge in [0.2, 0.25) is 0 Å². The maximum absolute atomic E-state index is 10.6. The fraction of sp³-hybridized carbons (Fsp3) is 0.227. The van der Waals surface area contributed by atoms with Crippen LogP contribution in [0.3, 0.4) is 0 Å². The summed E-state index contributed by atoms with van der Waals surface area (Å²) < 4.78 is 2.00. The molecule has 0 fully saturated rings. The number of fused-ring (bicyclic) bond motifs is 1. The van der Waals surface area contributed by atoms with E-state index >= 15 is 0 Å². The van der Waals surface area contributed by atoms with Crippen molar-refractivity contribution in [1.29, 1.82) is 0 Å². The molecule has 1 N–H and O–H groups in total. The van der Waals surface area contributed by atoms with Gasteiger partial charge in [-0.25, -0.2) is 4.98 Å². The first kappa shape index (κ1) is 18.7. The highest BCUT2D eigenvalue weighted by atomic mass is 16.1. The second-order valence-corrected chi connectivity index (χ2v) is 7.21. The third-order valence-electron chi connectivity index (χ3n) is 4.72. The van der Waals surface area contributed by atoms with Crippen LogP contribution in [0.25, 0.3) is 22.2 Å². The number of carbonyl (C=O) groups excluding carboxylic acids is 1. The number of nitrogens with one attached hydrogen (secondary N) is 1. The maximum atomic E-state index is 10.6. The van der Waals surface area contributed by atoms with Gasteiger partial charge >= 0.3 is 0 Å². The lowest BCUT2D eigenvalue weighted by molar-refractivity contribution is -0.108. The molecule has 0 unspecified atom stereocenters. The normalized spacial score (nSPS) is 11.1. The first-order chi connectivity index (χ1) is 14.1. The molecule has 0 amide bonds. The van der Waals surface area contributed by atoms with Crippen LogP contribution in [-0.4, -0.2) is 31.0 Å². The van der Waals surface area contributed by atoms with E-state index in [1.807, 2.05) is 53.5 Å². The van der Waals surface area contributed by atoms with E-state index in [1.54, 1.807) is 6.20 Å². The molecule has 7 nitrogen and oxygen atoms in total. The predicted octanol–water partition coefficient (Wildman–Crippen LogP) is 4.34. The Morgan fingerprint density at radius 3 is 2.79 bits per heavy atom. The van der Waals surface area contributed by atoms with E-state index in [9.17, 15) is 4.79 Å². The molecule has 0 aromatic carbocycles. The number of nitrogens with zero attached hydrogens (tertiary/aromatic N) is 5. The lowest BCUT2D eigenvalue weighted by Gasteiger charge is -2.09. The molecule has 0 saturated heterocycles. The van der Waals surface area contributed by atoms with E-state index in [0.29, 0.717) is 30.5 Å². The van der Waals surface area contributed by atoms with Crippen molar-refractivity contribution in [2.24, 2.45) is 0 Å². The minimum absolute atomic E-state index is 0.376. The molecule has 0 spiro atoms. The number of anilines is 2. The molecule has 0 aliphatic carbocycles. The van der Waals surface area contributed by atoms with Crippen molar-refractivity contribution < 1.29 is 4.79 Å². The van der Waals surface area contributed by atoms with Crippen molar-refractivity contribution in [3.8, 4) is 11.1 Å². The quantitative estimate of drug-likeness (QED) is 0.476. The zero-order chi connectivity index (χ0) is 20.2. The lowest BCUT2D eigenvalue weighted by Crippen LogP contribution is -2.00. The number of carbonyl (C=O) groups is 1. The first-order valence-electron chi connectivity index (χ1n) is 9.58. The number of aldehydes is 1. The SMILES string of the molecule is CC(C)c1cnnc(Nc2ccc3ncc(-c4ccn(CCC=O)c4)cc3n2)c1. The minimum Gasteiger partial charge on any atom is -0.353 e. The smallest absolute Gasteiger partial charge is 0.154 e. The van der Waals surface area contributed by atoms with Gasteiger partial charge in [0.1, 0.15) is 12.1 Å². The summed E-state index contributed by atoms with van der Waals surface area (Å²) in [4.78, 5) is 19.8. The summed E-state index contributed by atoms with van der Waals surface area (Å²) in [6, 6.07) is 9.84. The van der Waals surface area contributed by atoms with Gasteiger partial charge in [-0.2, -0.15) is 5.10 Å². The molecule has 4 rings (SSSR count). The Kier molecular flexibility index (Phi) is 5.29.